The van der Waals surface area contributed by atoms with E-state index in [9.17, 15) is 14.4 Å². The molecule has 17 heavy (non-hydrogen) atoms. The lowest BCUT2D eigenvalue weighted by atomic mass is 10.1. The van der Waals surface area contributed by atoms with Crippen molar-refractivity contribution in [2.45, 2.75) is 39.2 Å². The van der Waals surface area contributed by atoms with Crippen LogP contribution in [-0.2, 0) is 19.1 Å². The topological polar surface area (TPSA) is 72.5 Å². The molecular weight excluding hydrogens is 222 g/mol. The third-order valence-electron chi connectivity index (χ3n) is 2.16. The van der Waals surface area contributed by atoms with Gasteiger partial charge in [0.1, 0.15) is 0 Å². The minimum atomic E-state index is -0.611. The summed E-state index contributed by atoms with van der Waals surface area (Å²) in [4.78, 5) is 33.4. The molecule has 1 N–H and O–H groups in total. The number of esters is 1. The SMILES string of the molecule is CCC[C@H](/C=C/C(=O)OC)NC(=O)C(=O)CC. The van der Waals surface area contributed by atoms with Gasteiger partial charge in [0, 0.05) is 18.5 Å². The molecule has 0 aromatic carbocycles. The molecule has 0 aromatic rings. The summed E-state index contributed by atoms with van der Waals surface area (Å²) in [6.45, 7) is 3.58. The molecule has 0 fully saturated rings. The predicted molar refractivity (Wildman–Crippen MR) is 63.3 cm³/mol. The monoisotopic (exact) mass is 241 g/mol. The van der Waals surface area contributed by atoms with Crippen molar-refractivity contribution < 1.29 is 19.1 Å². The Morgan fingerprint density at radius 3 is 2.41 bits per heavy atom. The maximum absolute atomic E-state index is 11.4. The van der Waals surface area contributed by atoms with Crippen molar-refractivity contribution in [3.63, 3.8) is 0 Å². The molecule has 1 amide bonds. The normalized spacial score (nSPS) is 12.2. The maximum atomic E-state index is 11.4. The summed E-state index contributed by atoms with van der Waals surface area (Å²) in [6, 6.07) is -0.318. The van der Waals surface area contributed by atoms with Gasteiger partial charge in [0.15, 0.2) is 0 Å². The van der Waals surface area contributed by atoms with Gasteiger partial charge in [-0.1, -0.05) is 26.3 Å². The summed E-state index contributed by atoms with van der Waals surface area (Å²) in [5.41, 5.74) is 0. The highest BCUT2D eigenvalue weighted by molar-refractivity contribution is 6.36. The van der Waals surface area contributed by atoms with Gasteiger partial charge in [0.2, 0.25) is 5.78 Å². The zero-order chi connectivity index (χ0) is 13.3. The van der Waals surface area contributed by atoms with Crippen LogP contribution in [0, 0.1) is 0 Å². The third kappa shape index (κ3) is 6.50. The van der Waals surface area contributed by atoms with E-state index >= 15 is 0 Å². The number of carbonyl (C=O) groups excluding carboxylic acids is 3. The van der Waals surface area contributed by atoms with E-state index in [0.717, 1.165) is 6.42 Å². The minimum absolute atomic E-state index is 0.172. The van der Waals surface area contributed by atoms with Crippen molar-refractivity contribution in [3.8, 4) is 0 Å². The summed E-state index contributed by atoms with van der Waals surface area (Å²) in [6.07, 6.45) is 4.45. The van der Waals surface area contributed by atoms with E-state index < -0.39 is 17.7 Å². The second kappa shape index (κ2) is 8.50. The van der Waals surface area contributed by atoms with Crippen LogP contribution in [0.3, 0.4) is 0 Å². The van der Waals surface area contributed by atoms with Crippen LogP contribution in [0.4, 0.5) is 0 Å². The number of amides is 1. The maximum Gasteiger partial charge on any atom is 0.330 e. The zero-order valence-corrected chi connectivity index (χ0v) is 10.5. The van der Waals surface area contributed by atoms with Gasteiger partial charge in [0.25, 0.3) is 5.91 Å². The highest BCUT2D eigenvalue weighted by Crippen LogP contribution is 1.99. The van der Waals surface area contributed by atoms with E-state index in [4.69, 9.17) is 0 Å². The molecule has 5 heteroatoms. The number of carbonyl (C=O) groups is 3. The van der Waals surface area contributed by atoms with Crippen molar-refractivity contribution in [3.05, 3.63) is 12.2 Å². The fourth-order valence-electron chi connectivity index (χ4n) is 1.20. The van der Waals surface area contributed by atoms with Crippen LogP contribution in [0.15, 0.2) is 12.2 Å². The quantitative estimate of drug-likeness (QED) is 0.409. The molecule has 0 unspecified atom stereocenters. The number of rotatable bonds is 7. The second-order valence-corrected chi connectivity index (χ2v) is 3.53. The molecule has 96 valence electrons. The van der Waals surface area contributed by atoms with Crippen molar-refractivity contribution in [2.24, 2.45) is 0 Å². The molecular formula is C12H19NO4. The number of hydrogen-bond donors (Lipinski definition) is 1. The van der Waals surface area contributed by atoms with E-state index in [1.165, 1.54) is 19.3 Å². The number of methoxy groups -OCH3 is 1. The van der Waals surface area contributed by atoms with Crippen molar-refractivity contribution >= 4 is 17.7 Å². The van der Waals surface area contributed by atoms with Crippen LogP contribution in [-0.4, -0.2) is 30.8 Å². The Hall–Kier alpha value is -1.65. The number of ether oxygens (including phenoxy) is 1. The van der Waals surface area contributed by atoms with Crippen LogP contribution in [0.1, 0.15) is 33.1 Å². The van der Waals surface area contributed by atoms with Crippen LogP contribution in [0.25, 0.3) is 0 Å². The molecule has 0 saturated heterocycles. The first-order chi connectivity index (χ1) is 8.04. The van der Waals surface area contributed by atoms with Gasteiger partial charge < -0.3 is 10.1 Å². The molecule has 0 bridgehead atoms. The standard InChI is InChI=1S/C12H19NO4/c1-4-6-9(7-8-11(15)17-3)13-12(16)10(14)5-2/h7-9H,4-6H2,1-3H3,(H,13,16)/b8-7+/t9-/m1/s1. The summed E-state index contributed by atoms with van der Waals surface area (Å²) in [5.74, 6) is -1.56. The number of hydrogen-bond acceptors (Lipinski definition) is 4. The predicted octanol–water partition coefficient (Wildman–Crippen LogP) is 0.980. The van der Waals surface area contributed by atoms with Gasteiger partial charge in [-0.15, -0.1) is 0 Å². The van der Waals surface area contributed by atoms with Crippen molar-refractivity contribution in [1.29, 1.82) is 0 Å². The van der Waals surface area contributed by atoms with Gasteiger partial charge >= 0.3 is 5.97 Å². The third-order valence-corrected chi connectivity index (χ3v) is 2.16. The van der Waals surface area contributed by atoms with Crippen LogP contribution < -0.4 is 5.32 Å². The van der Waals surface area contributed by atoms with Gasteiger partial charge in [-0.05, 0) is 6.42 Å². The van der Waals surface area contributed by atoms with Crippen molar-refractivity contribution in [1.82, 2.24) is 5.32 Å². The smallest absolute Gasteiger partial charge is 0.330 e. The zero-order valence-electron chi connectivity index (χ0n) is 10.5. The fraction of sp³-hybridized carbons (Fsp3) is 0.583. The average Bonchev–Trinajstić information content (AvgIpc) is 2.34. The van der Waals surface area contributed by atoms with E-state index in [0.29, 0.717) is 6.42 Å². The largest absolute Gasteiger partial charge is 0.466 e. The lowest BCUT2D eigenvalue weighted by molar-refractivity contribution is -0.138. The highest BCUT2D eigenvalue weighted by atomic mass is 16.5. The summed E-state index contributed by atoms with van der Waals surface area (Å²) < 4.78 is 4.45. The van der Waals surface area contributed by atoms with Gasteiger partial charge in [-0.2, -0.15) is 0 Å². The Morgan fingerprint density at radius 1 is 1.29 bits per heavy atom. The summed E-state index contributed by atoms with van der Waals surface area (Å²) >= 11 is 0. The molecule has 0 aromatic heterocycles. The molecule has 0 spiro atoms. The number of nitrogens with one attached hydrogen (secondary N) is 1. The van der Waals surface area contributed by atoms with E-state index in [2.05, 4.69) is 10.1 Å². The molecule has 0 aliphatic rings. The van der Waals surface area contributed by atoms with Crippen LogP contribution in [0.2, 0.25) is 0 Å². The Balaban J connectivity index is 4.43. The van der Waals surface area contributed by atoms with E-state index in [-0.39, 0.29) is 12.5 Å². The molecule has 0 rings (SSSR count). The summed E-state index contributed by atoms with van der Waals surface area (Å²) in [7, 11) is 1.28. The van der Waals surface area contributed by atoms with Gasteiger partial charge in [-0.3, -0.25) is 9.59 Å². The highest BCUT2D eigenvalue weighted by Gasteiger charge is 2.14. The minimum Gasteiger partial charge on any atom is -0.466 e. The fourth-order valence-corrected chi connectivity index (χ4v) is 1.20. The average molecular weight is 241 g/mol. The molecule has 0 aliphatic carbocycles. The molecule has 1 atom stereocenters. The lowest BCUT2D eigenvalue weighted by Gasteiger charge is -2.12. The molecule has 0 heterocycles. The Bertz CT molecular complexity index is 310. The molecule has 0 saturated carbocycles. The summed E-state index contributed by atoms with van der Waals surface area (Å²) in [5, 5.41) is 2.57. The van der Waals surface area contributed by atoms with Crippen LogP contribution >= 0.6 is 0 Å². The lowest BCUT2D eigenvalue weighted by Crippen LogP contribution is -2.38. The first-order valence-electron chi connectivity index (χ1n) is 5.64. The first kappa shape index (κ1) is 15.3. The van der Waals surface area contributed by atoms with E-state index in [1.54, 1.807) is 6.92 Å². The Labute approximate surface area is 101 Å². The van der Waals surface area contributed by atoms with Crippen LogP contribution in [0.5, 0.6) is 0 Å². The Morgan fingerprint density at radius 2 is 1.94 bits per heavy atom. The number of Topliss-reactive ketones (excluding diaryl/α,β-unsaturated/α-hetero) is 1. The Kier molecular flexibility index (Phi) is 7.67. The van der Waals surface area contributed by atoms with Crippen molar-refractivity contribution in [2.75, 3.05) is 7.11 Å². The number of ketones is 1. The molecule has 5 nitrogen and oxygen atoms in total. The molecule has 0 radical (unpaired) electrons. The van der Waals surface area contributed by atoms with E-state index in [1.807, 2.05) is 6.92 Å². The molecule has 0 aliphatic heterocycles. The van der Waals surface area contributed by atoms with Gasteiger partial charge in [0.05, 0.1) is 7.11 Å². The second-order valence-electron chi connectivity index (χ2n) is 3.53. The first-order valence-corrected chi connectivity index (χ1v) is 5.64. The van der Waals surface area contributed by atoms with Gasteiger partial charge in [-0.25, -0.2) is 4.79 Å².